The van der Waals surface area contributed by atoms with Gasteiger partial charge in [-0.3, -0.25) is 9.71 Å². The zero-order chi connectivity index (χ0) is 15.6. The van der Waals surface area contributed by atoms with Crippen molar-refractivity contribution in [3.63, 3.8) is 0 Å². The quantitative estimate of drug-likeness (QED) is 0.907. The molecule has 1 aliphatic heterocycles. The summed E-state index contributed by atoms with van der Waals surface area (Å²) in [4.78, 5) is 4.29. The standard InChI is InChI=1S/C15H14FN3O2S/c16-13-9-5-4-8-12(13)14-15(19-22(20,21)18-14)17-10-11-6-2-1-3-7-11/h1-9,14,18H,10H2,(H,17,19). The monoisotopic (exact) mass is 319 g/mol. The highest BCUT2D eigenvalue weighted by Crippen LogP contribution is 2.22. The second kappa shape index (κ2) is 5.86. The number of hydrogen-bond acceptors (Lipinski definition) is 3. The zero-order valence-corrected chi connectivity index (χ0v) is 12.3. The van der Waals surface area contributed by atoms with Gasteiger partial charge >= 0.3 is 10.2 Å². The minimum atomic E-state index is -3.71. The van der Waals surface area contributed by atoms with Gasteiger partial charge in [-0.1, -0.05) is 48.5 Å². The molecule has 1 heterocycles. The van der Waals surface area contributed by atoms with E-state index in [1.54, 1.807) is 12.1 Å². The van der Waals surface area contributed by atoms with Crippen molar-refractivity contribution in [1.82, 2.24) is 9.44 Å². The van der Waals surface area contributed by atoms with Crippen LogP contribution in [0.1, 0.15) is 17.2 Å². The first kappa shape index (κ1) is 14.7. The first-order valence-corrected chi connectivity index (χ1v) is 8.16. The number of amidine groups is 1. The first-order chi connectivity index (χ1) is 10.6. The van der Waals surface area contributed by atoms with Crippen molar-refractivity contribution in [3.05, 3.63) is 71.5 Å². The van der Waals surface area contributed by atoms with E-state index in [1.165, 1.54) is 12.1 Å². The molecule has 1 fully saturated rings. The van der Waals surface area contributed by atoms with Gasteiger partial charge in [0.05, 0.1) is 6.54 Å². The number of hydrogen-bond donors (Lipinski definition) is 2. The van der Waals surface area contributed by atoms with E-state index >= 15 is 0 Å². The van der Waals surface area contributed by atoms with E-state index in [9.17, 15) is 12.8 Å². The maximum atomic E-state index is 13.9. The van der Waals surface area contributed by atoms with Crippen LogP contribution < -0.4 is 9.44 Å². The van der Waals surface area contributed by atoms with Gasteiger partial charge in [-0.15, -0.1) is 0 Å². The van der Waals surface area contributed by atoms with Gasteiger partial charge < -0.3 is 0 Å². The van der Waals surface area contributed by atoms with Crippen molar-refractivity contribution >= 4 is 16.0 Å². The molecular weight excluding hydrogens is 305 g/mol. The van der Waals surface area contributed by atoms with Crippen molar-refractivity contribution < 1.29 is 12.8 Å². The van der Waals surface area contributed by atoms with Crippen LogP contribution in [0.3, 0.4) is 0 Å². The van der Waals surface area contributed by atoms with Gasteiger partial charge in [0.15, 0.2) is 0 Å². The van der Waals surface area contributed by atoms with Crippen LogP contribution in [0.5, 0.6) is 0 Å². The van der Waals surface area contributed by atoms with Crippen LogP contribution >= 0.6 is 0 Å². The Hall–Kier alpha value is -2.25. The van der Waals surface area contributed by atoms with Crippen LogP contribution in [0, 0.1) is 5.82 Å². The van der Waals surface area contributed by atoms with Gasteiger partial charge in [0.2, 0.25) is 0 Å². The lowest BCUT2D eigenvalue weighted by atomic mass is 10.1. The molecule has 0 saturated carbocycles. The van der Waals surface area contributed by atoms with Crippen LogP contribution in [0.15, 0.2) is 59.6 Å². The summed E-state index contributed by atoms with van der Waals surface area (Å²) in [5.41, 5.74) is 1.18. The summed E-state index contributed by atoms with van der Waals surface area (Å²) in [5, 5.41) is 0. The van der Waals surface area contributed by atoms with Crippen molar-refractivity contribution in [2.24, 2.45) is 4.99 Å². The van der Waals surface area contributed by atoms with E-state index in [0.29, 0.717) is 6.54 Å². The van der Waals surface area contributed by atoms with Gasteiger partial charge in [0.1, 0.15) is 17.7 Å². The second-order valence-electron chi connectivity index (χ2n) is 4.86. The predicted octanol–water partition coefficient (Wildman–Crippen LogP) is 1.90. The van der Waals surface area contributed by atoms with Gasteiger partial charge in [0, 0.05) is 5.56 Å². The molecule has 0 spiro atoms. The van der Waals surface area contributed by atoms with E-state index in [-0.39, 0.29) is 11.4 Å². The molecule has 22 heavy (non-hydrogen) atoms. The Kier molecular flexibility index (Phi) is 3.91. The molecule has 2 aromatic rings. The van der Waals surface area contributed by atoms with E-state index < -0.39 is 22.1 Å². The lowest BCUT2D eigenvalue weighted by Crippen LogP contribution is -2.24. The largest absolute Gasteiger partial charge is 0.301 e. The fourth-order valence-corrected chi connectivity index (χ4v) is 3.31. The predicted molar refractivity (Wildman–Crippen MR) is 81.9 cm³/mol. The normalized spacial score (nSPS) is 21.7. The Bertz CT molecular complexity index is 807. The molecule has 2 N–H and O–H groups in total. The lowest BCUT2D eigenvalue weighted by Gasteiger charge is -2.10. The highest BCUT2D eigenvalue weighted by molar-refractivity contribution is 7.88. The Balaban J connectivity index is 1.92. The SMILES string of the molecule is O=S1(=O)NC(=NCc2ccccc2)C(c2ccccc2F)N1. The minimum Gasteiger partial charge on any atom is -0.265 e. The maximum absolute atomic E-state index is 13.9. The Labute approximate surface area is 128 Å². The van der Waals surface area contributed by atoms with E-state index in [1.807, 2.05) is 30.3 Å². The molecule has 0 bridgehead atoms. The third-order valence-corrected chi connectivity index (χ3v) is 4.30. The molecular formula is C15H14FN3O2S. The fourth-order valence-electron chi connectivity index (χ4n) is 2.24. The second-order valence-corrected chi connectivity index (χ2v) is 6.31. The number of benzene rings is 2. The molecule has 5 nitrogen and oxygen atoms in total. The van der Waals surface area contributed by atoms with Crippen LogP contribution in [0.25, 0.3) is 0 Å². The minimum absolute atomic E-state index is 0.189. The van der Waals surface area contributed by atoms with E-state index in [0.717, 1.165) is 5.56 Å². The molecule has 3 rings (SSSR count). The number of nitrogens with one attached hydrogen (secondary N) is 2. The molecule has 1 unspecified atom stereocenters. The van der Waals surface area contributed by atoms with Crippen LogP contribution in [0.2, 0.25) is 0 Å². The molecule has 0 amide bonds. The van der Waals surface area contributed by atoms with Crippen molar-refractivity contribution in [2.45, 2.75) is 12.6 Å². The molecule has 1 atom stereocenters. The molecule has 0 radical (unpaired) electrons. The third-order valence-electron chi connectivity index (χ3n) is 3.28. The summed E-state index contributed by atoms with van der Waals surface area (Å²) in [6.07, 6.45) is 0. The molecule has 1 aliphatic rings. The van der Waals surface area contributed by atoms with Crippen molar-refractivity contribution in [3.8, 4) is 0 Å². The summed E-state index contributed by atoms with van der Waals surface area (Å²) in [6.45, 7) is 0.311. The highest BCUT2D eigenvalue weighted by Gasteiger charge is 2.35. The van der Waals surface area contributed by atoms with Gasteiger partial charge in [-0.25, -0.2) is 4.39 Å². The van der Waals surface area contributed by atoms with E-state index in [4.69, 9.17) is 0 Å². The third kappa shape index (κ3) is 3.15. The number of halogens is 1. The Morgan fingerprint density at radius 1 is 1.05 bits per heavy atom. The smallest absolute Gasteiger partial charge is 0.265 e. The molecule has 0 aromatic heterocycles. The Morgan fingerprint density at radius 3 is 2.45 bits per heavy atom. The van der Waals surface area contributed by atoms with Gasteiger partial charge in [0.25, 0.3) is 0 Å². The highest BCUT2D eigenvalue weighted by atomic mass is 32.2. The average molecular weight is 319 g/mol. The first-order valence-electron chi connectivity index (χ1n) is 6.68. The number of aliphatic imine (C=N–C) groups is 1. The van der Waals surface area contributed by atoms with Crippen LogP contribution in [-0.2, 0) is 16.8 Å². The van der Waals surface area contributed by atoms with Crippen LogP contribution in [-0.4, -0.2) is 14.3 Å². The summed E-state index contributed by atoms with van der Waals surface area (Å²) in [5.74, 6) is -0.291. The van der Waals surface area contributed by atoms with E-state index in [2.05, 4.69) is 14.4 Å². The molecule has 7 heteroatoms. The topological polar surface area (TPSA) is 70.6 Å². The maximum Gasteiger partial charge on any atom is 0.301 e. The number of nitrogens with zero attached hydrogens (tertiary/aromatic N) is 1. The lowest BCUT2D eigenvalue weighted by molar-refractivity contribution is 0.576. The summed E-state index contributed by atoms with van der Waals surface area (Å²) < 4.78 is 42.0. The Morgan fingerprint density at radius 2 is 1.73 bits per heavy atom. The van der Waals surface area contributed by atoms with Gasteiger partial charge in [-0.05, 0) is 11.6 Å². The van der Waals surface area contributed by atoms with Crippen molar-refractivity contribution in [1.29, 1.82) is 0 Å². The molecule has 2 aromatic carbocycles. The molecule has 1 saturated heterocycles. The summed E-state index contributed by atoms with van der Waals surface area (Å²) in [6, 6.07) is 14.6. The van der Waals surface area contributed by atoms with Gasteiger partial charge in [-0.2, -0.15) is 13.1 Å². The molecule has 114 valence electrons. The number of rotatable bonds is 3. The average Bonchev–Trinajstić information content (AvgIpc) is 2.81. The molecule has 0 aliphatic carbocycles. The zero-order valence-electron chi connectivity index (χ0n) is 11.5. The van der Waals surface area contributed by atoms with Crippen molar-refractivity contribution in [2.75, 3.05) is 0 Å². The fraction of sp³-hybridized carbons (Fsp3) is 0.133. The summed E-state index contributed by atoms with van der Waals surface area (Å²) >= 11 is 0. The van der Waals surface area contributed by atoms with Crippen LogP contribution in [0.4, 0.5) is 4.39 Å². The summed E-state index contributed by atoms with van der Waals surface area (Å²) in [7, 11) is -3.71.